The minimum Gasteiger partial charge on any atom is -0.293 e. The highest BCUT2D eigenvalue weighted by molar-refractivity contribution is 6.03. The van der Waals surface area contributed by atoms with Gasteiger partial charge in [0.15, 0.2) is 5.78 Å². The molecule has 0 heterocycles. The van der Waals surface area contributed by atoms with Crippen molar-refractivity contribution >= 4 is 11.9 Å². The van der Waals surface area contributed by atoms with Gasteiger partial charge in [0.25, 0.3) is 0 Å². The van der Waals surface area contributed by atoms with E-state index in [0.717, 1.165) is 16.7 Å². The Kier molecular flexibility index (Phi) is 4.07. The Labute approximate surface area is 148 Å². The molecule has 1 heteroatoms. The van der Waals surface area contributed by atoms with Crippen molar-refractivity contribution < 1.29 is 4.79 Å². The van der Waals surface area contributed by atoms with Crippen molar-refractivity contribution in [2.75, 3.05) is 0 Å². The molecule has 3 aromatic carbocycles. The molecule has 25 heavy (non-hydrogen) atoms. The van der Waals surface area contributed by atoms with E-state index in [1.54, 1.807) is 0 Å². The number of benzene rings is 3. The molecule has 1 aliphatic rings. The highest BCUT2D eigenvalue weighted by atomic mass is 16.1. The zero-order chi connectivity index (χ0) is 17.2. The van der Waals surface area contributed by atoms with E-state index in [1.807, 2.05) is 42.5 Å². The van der Waals surface area contributed by atoms with Gasteiger partial charge in [0.1, 0.15) is 0 Å². The first-order valence-corrected chi connectivity index (χ1v) is 8.67. The first kappa shape index (κ1) is 15.6. The summed E-state index contributed by atoms with van der Waals surface area (Å²) >= 11 is 0. The fraction of sp³-hybridized carbons (Fsp3) is 0.125. The second kappa shape index (κ2) is 6.52. The van der Waals surface area contributed by atoms with Gasteiger partial charge >= 0.3 is 0 Å². The minimum absolute atomic E-state index is 0.0585. The summed E-state index contributed by atoms with van der Waals surface area (Å²) in [6, 6.07) is 26.4. The van der Waals surface area contributed by atoms with E-state index >= 15 is 0 Å². The van der Waals surface area contributed by atoms with E-state index in [-0.39, 0.29) is 17.6 Å². The third-order valence-electron chi connectivity index (χ3n) is 4.98. The van der Waals surface area contributed by atoms with Gasteiger partial charge < -0.3 is 0 Å². The average molecular weight is 324 g/mol. The van der Waals surface area contributed by atoms with Gasteiger partial charge in [0.2, 0.25) is 0 Å². The molecule has 2 atom stereocenters. The predicted molar refractivity (Wildman–Crippen MR) is 103 cm³/mol. The highest BCUT2D eigenvalue weighted by Gasteiger charge is 2.33. The summed E-state index contributed by atoms with van der Waals surface area (Å²) in [5.74, 6) is 0.0532. The maximum atomic E-state index is 13.4. The van der Waals surface area contributed by atoms with Crippen LogP contribution in [0, 0.1) is 6.92 Å². The Balaban J connectivity index is 1.83. The van der Waals surface area contributed by atoms with Crippen molar-refractivity contribution in [3.8, 4) is 0 Å². The highest BCUT2D eigenvalue weighted by Crippen LogP contribution is 2.42. The number of hydrogen-bond donors (Lipinski definition) is 0. The average Bonchev–Trinajstić information content (AvgIpc) is 2.68. The van der Waals surface area contributed by atoms with Crippen molar-refractivity contribution in [2.24, 2.45) is 0 Å². The lowest BCUT2D eigenvalue weighted by Gasteiger charge is -2.29. The third-order valence-corrected chi connectivity index (χ3v) is 4.98. The monoisotopic (exact) mass is 324 g/mol. The molecule has 0 amide bonds. The molecule has 4 rings (SSSR count). The Morgan fingerprint density at radius 1 is 0.800 bits per heavy atom. The molecule has 1 nitrogen and oxygen atoms in total. The summed E-state index contributed by atoms with van der Waals surface area (Å²) in [6.07, 6.45) is 4.33. The number of aryl methyl sites for hydroxylation is 1. The van der Waals surface area contributed by atoms with Crippen LogP contribution in [0.2, 0.25) is 0 Å². The molecule has 0 spiro atoms. The fourth-order valence-electron chi connectivity index (χ4n) is 3.64. The van der Waals surface area contributed by atoms with Gasteiger partial charge in [-0.2, -0.15) is 0 Å². The van der Waals surface area contributed by atoms with Crippen LogP contribution in [0.3, 0.4) is 0 Å². The molecule has 0 aromatic heterocycles. The minimum atomic E-state index is -0.189. The van der Waals surface area contributed by atoms with Gasteiger partial charge in [-0.15, -0.1) is 0 Å². The van der Waals surface area contributed by atoms with E-state index in [1.165, 1.54) is 11.1 Å². The van der Waals surface area contributed by atoms with Crippen molar-refractivity contribution in [1.82, 2.24) is 0 Å². The number of carbonyl (C=O) groups is 1. The van der Waals surface area contributed by atoms with Crippen molar-refractivity contribution in [2.45, 2.75) is 18.8 Å². The van der Waals surface area contributed by atoms with Crippen LogP contribution < -0.4 is 0 Å². The number of rotatable bonds is 3. The molecule has 122 valence electrons. The SMILES string of the molecule is Cc1ccc([C@H]2C=Cc3ccccc3[C@@H]2C(=O)c2ccccc2)cc1. The van der Waals surface area contributed by atoms with Crippen LogP contribution in [0.5, 0.6) is 0 Å². The molecular weight excluding hydrogens is 304 g/mol. The number of fused-ring (bicyclic) bond motifs is 1. The number of Topliss-reactive ketones (excluding diaryl/α,β-unsaturated/α-hetero) is 1. The topological polar surface area (TPSA) is 17.1 Å². The Morgan fingerprint density at radius 3 is 2.24 bits per heavy atom. The zero-order valence-corrected chi connectivity index (χ0v) is 14.2. The molecule has 0 radical (unpaired) electrons. The van der Waals surface area contributed by atoms with Gasteiger partial charge in [-0.25, -0.2) is 0 Å². The molecule has 0 unspecified atom stereocenters. The third kappa shape index (κ3) is 2.94. The fourth-order valence-corrected chi connectivity index (χ4v) is 3.64. The van der Waals surface area contributed by atoms with Gasteiger partial charge in [-0.3, -0.25) is 4.79 Å². The maximum absolute atomic E-state index is 13.4. The van der Waals surface area contributed by atoms with E-state index in [9.17, 15) is 4.79 Å². The summed E-state index contributed by atoms with van der Waals surface area (Å²) < 4.78 is 0. The molecular formula is C24H20O. The number of allylic oxidation sites excluding steroid dienone is 1. The quantitative estimate of drug-likeness (QED) is 0.559. The molecule has 0 saturated heterocycles. The summed E-state index contributed by atoms with van der Waals surface area (Å²) in [5.41, 5.74) is 5.44. The van der Waals surface area contributed by atoms with Crippen LogP contribution in [0.1, 0.15) is 44.4 Å². The molecule has 0 saturated carbocycles. The largest absolute Gasteiger partial charge is 0.293 e. The standard InChI is InChI=1S/C24H20O/c1-17-11-13-19(14-12-17)22-16-15-18-7-5-6-10-21(18)23(22)24(25)20-8-3-2-4-9-20/h2-16,22-23H,1H3/t22-,23+/m1/s1. The van der Waals surface area contributed by atoms with Crippen LogP contribution in [0.25, 0.3) is 6.08 Å². The zero-order valence-electron chi connectivity index (χ0n) is 14.2. The molecule has 0 N–H and O–H groups in total. The van der Waals surface area contributed by atoms with Crippen LogP contribution in [0.15, 0.2) is 84.9 Å². The predicted octanol–water partition coefficient (Wildman–Crippen LogP) is 5.77. The number of carbonyl (C=O) groups excluding carboxylic acids is 1. The van der Waals surface area contributed by atoms with Crippen molar-refractivity contribution in [3.05, 3.63) is 113 Å². The van der Waals surface area contributed by atoms with Crippen LogP contribution in [0.4, 0.5) is 0 Å². The summed E-state index contributed by atoms with van der Waals surface area (Å²) in [5, 5.41) is 0. The second-order valence-corrected chi connectivity index (χ2v) is 6.63. The second-order valence-electron chi connectivity index (χ2n) is 6.63. The summed E-state index contributed by atoms with van der Waals surface area (Å²) in [6.45, 7) is 2.09. The number of hydrogen-bond acceptors (Lipinski definition) is 1. The van der Waals surface area contributed by atoms with Crippen molar-refractivity contribution in [1.29, 1.82) is 0 Å². The van der Waals surface area contributed by atoms with E-state index in [4.69, 9.17) is 0 Å². The summed E-state index contributed by atoms with van der Waals surface area (Å²) in [4.78, 5) is 13.4. The lowest BCUT2D eigenvalue weighted by molar-refractivity contribution is 0.0952. The van der Waals surface area contributed by atoms with Gasteiger partial charge in [-0.05, 0) is 23.6 Å². The smallest absolute Gasteiger partial charge is 0.171 e. The van der Waals surface area contributed by atoms with E-state index in [2.05, 4.69) is 55.5 Å². The van der Waals surface area contributed by atoms with E-state index < -0.39 is 0 Å². The van der Waals surface area contributed by atoms with Gasteiger partial charge in [-0.1, -0.05) is 96.6 Å². The van der Waals surface area contributed by atoms with Crippen LogP contribution in [-0.4, -0.2) is 5.78 Å². The van der Waals surface area contributed by atoms with Crippen LogP contribution >= 0.6 is 0 Å². The Hall–Kier alpha value is -2.93. The Morgan fingerprint density at radius 2 is 1.48 bits per heavy atom. The van der Waals surface area contributed by atoms with Crippen LogP contribution in [-0.2, 0) is 0 Å². The first-order chi connectivity index (χ1) is 12.2. The molecule has 1 aliphatic carbocycles. The van der Waals surface area contributed by atoms with E-state index in [0.29, 0.717) is 0 Å². The lowest BCUT2D eigenvalue weighted by atomic mass is 9.72. The molecule has 0 bridgehead atoms. The van der Waals surface area contributed by atoms with Gasteiger partial charge in [0, 0.05) is 11.5 Å². The Bertz CT molecular complexity index is 920. The number of ketones is 1. The summed E-state index contributed by atoms with van der Waals surface area (Å²) in [7, 11) is 0. The lowest BCUT2D eigenvalue weighted by Crippen LogP contribution is -2.22. The maximum Gasteiger partial charge on any atom is 0.171 e. The molecule has 0 fully saturated rings. The molecule has 0 aliphatic heterocycles. The normalized spacial score (nSPS) is 18.6. The molecule has 3 aromatic rings. The van der Waals surface area contributed by atoms with Gasteiger partial charge in [0.05, 0.1) is 5.92 Å². The van der Waals surface area contributed by atoms with Crippen molar-refractivity contribution in [3.63, 3.8) is 0 Å². The first-order valence-electron chi connectivity index (χ1n) is 8.67.